The number of carbonyl (C=O) groups excluding carboxylic acids is 2. The first-order chi connectivity index (χ1) is 15.0. The molecule has 170 valence electrons. The fourth-order valence-electron chi connectivity index (χ4n) is 3.29. The SMILES string of the molecule is CC(=O)N(C)[C@H]1CN(C(=O)N[C@@H](C)c2ccc(C(F)(F)F)nc2)N=C1c1ccc(C)cc1. The Hall–Kier alpha value is -3.43. The van der Waals surface area contributed by atoms with E-state index in [2.05, 4.69) is 15.4 Å². The van der Waals surface area contributed by atoms with Gasteiger partial charge in [-0.3, -0.25) is 9.78 Å². The number of amides is 3. The van der Waals surface area contributed by atoms with Gasteiger partial charge in [0.2, 0.25) is 5.91 Å². The van der Waals surface area contributed by atoms with Crippen molar-refractivity contribution in [3.63, 3.8) is 0 Å². The van der Waals surface area contributed by atoms with Crippen LogP contribution in [0, 0.1) is 6.92 Å². The quantitative estimate of drug-likeness (QED) is 0.776. The number of likely N-dealkylation sites (N-methyl/N-ethyl adjacent to an activating group) is 1. The van der Waals surface area contributed by atoms with Crippen molar-refractivity contribution in [2.75, 3.05) is 13.6 Å². The highest BCUT2D eigenvalue weighted by Crippen LogP contribution is 2.28. The molecule has 1 aromatic carbocycles. The summed E-state index contributed by atoms with van der Waals surface area (Å²) in [6.45, 7) is 5.19. The highest BCUT2D eigenvalue weighted by Gasteiger charge is 2.35. The number of benzene rings is 1. The van der Waals surface area contributed by atoms with E-state index in [1.807, 2.05) is 31.2 Å². The van der Waals surface area contributed by atoms with Crippen molar-refractivity contribution >= 4 is 17.6 Å². The topological polar surface area (TPSA) is 77.9 Å². The van der Waals surface area contributed by atoms with E-state index in [4.69, 9.17) is 0 Å². The van der Waals surface area contributed by atoms with E-state index in [0.29, 0.717) is 11.3 Å². The molecule has 0 bridgehead atoms. The molecule has 0 spiro atoms. The van der Waals surface area contributed by atoms with Crippen LogP contribution in [-0.4, -0.2) is 52.2 Å². The molecular weight excluding hydrogens is 423 g/mol. The summed E-state index contributed by atoms with van der Waals surface area (Å²) in [6.07, 6.45) is -3.44. The van der Waals surface area contributed by atoms with Crippen LogP contribution in [0.5, 0.6) is 0 Å². The van der Waals surface area contributed by atoms with Gasteiger partial charge in [0.25, 0.3) is 0 Å². The first-order valence-electron chi connectivity index (χ1n) is 9.97. The van der Waals surface area contributed by atoms with Gasteiger partial charge in [-0.25, -0.2) is 9.80 Å². The second-order valence-electron chi connectivity index (χ2n) is 7.72. The van der Waals surface area contributed by atoms with Gasteiger partial charge in [-0.05, 0) is 31.0 Å². The molecule has 2 atom stereocenters. The molecule has 2 heterocycles. The van der Waals surface area contributed by atoms with Crippen LogP contribution in [0.4, 0.5) is 18.0 Å². The van der Waals surface area contributed by atoms with Crippen LogP contribution in [0.2, 0.25) is 0 Å². The summed E-state index contributed by atoms with van der Waals surface area (Å²) in [5.41, 5.74) is 1.87. The van der Waals surface area contributed by atoms with E-state index < -0.39 is 30.0 Å². The number of pyridine rings is 1. The summed E-state index contributed by atoms with van der Waals surface area (Å²) in [4.78, 5) is 29.7. The molecule has 1 aliphatic rings. The number of halogens is 3. The van der Waals surface area contributed by atoms with Gasteiger partial charge >= 0.3 is 12.2 Å². The predicted octanol–water partition coefficient (Wildman–Crippen LogP) is 3.75. The minimum Gasteiger partial charge on any atom is -0.335 e. The van der Waals surface area contributed by atoms with Gasteiger partial charge in [0.1, 0.15) is 5.69 Å². The fourth-order valence-corrected chi connectivity index (χ4v) is 3.29. The number of hydrogen-bond acceptors (Lipinski definition) is 4. The Kier molecular flexibility index (Phi) is 6.52. The molecule has 2 aromatic rings. The number of aryl methyl sites for hydroxylation is 1. The highest BCUT2D eigenvalue weighted by atomic mass is 19.4. The highest BCUT2D eigenvalue weighted by molar-refractivity contribution is 6.07. The summed E-state index contributed by atoms with van der Waals surface area (Å²) < 4.78 is 38.1. The Balaban J connectivity index is 1.78. The first-order valence-corrected chi connectivity index (χ1v) is 9.97. The van der Waals surface area contributed by atoms with Crippen LogP contribution < -0.4 is 5.32 Å². The maximum atomic E-state index is 12.8. The van der Waals surface area contributed by atoms with Gasteiger partial charge in [0.15, 0.2) is 0 Å². The smallest absolute Gasteiger partial charge is 0.335 e. The van der Waals surface area contributed by atoms with Crippen molar-refractivity contribution in [3.8, 4) is 0 Å². The maximum absolute atomic E-state index is 12.8. The number of nitrogens with zero attached hydrogens (tertiary/aromatic N) is 4. The van der Waals surface area contributed by atoms with Crippen LogP contribution in [0.1, 0.15) is 42.3 Å². The molecule has 1 N–H and O–H groups in total. The van der Waals surface area contributed by atoms with E-state index >= 15 is 0 Å². The second-order valence-corrected chi connectivity index (χ2v) is 7.72. The molecule has 0 saturated carbocycles. The number of carbonyl (C=O) groups is 2. The third kappa shape index (κ3) is 5.06. The van der Waals surface area contributed by atoms with Gasteiger partial charge < -0.3 is 10.2 Å². The van der Waals surface area contributed by atoms with Crippen LogP contribution in [0.15, 0.2) is 47.7 Å². The van der Waals surface area contributed by atoms with Crippen molar-refractivity contribution in [1.82, 2.24) is 20.2 Å². The summed E-state index contributed by atoms with van der Waals surface area (Å²) >= 11 is 0. The molecule has 3 rings (SSSR count). The number of hydrazone groups is 1. The first kappa shape index (κ1) is 23.2. The van der Waals surface area contributed by atoms with Crippen LogP contribution in [0.3, 0.4) is 0 Å². The van der Waals surface area contributed by atoms with E-state index in [0.717, 1.165) is 23.4 Å². The zero-order chi connectivity index (χ0) is 23.6. The third-order valence-corrected chi connectivity index (χ3v) is 5.35. The van der Waals surface area contributed by atoms with Crippen molar-refractivity contribution in [2.24, 2.45) is 5.10 Å². The van der Waals surface area contributed by atoms with Crippen LogP contribution >= 0.6 is 0 Å². The predicted molar refractivity (Wildman–Crippen MR) is 113 cm³/mol. The van der Waals surface area contributed by atoms with Gasteiger partial charge in [0, 0.05) is 20.2 Å². The number of aromatic nitrogens is 1. The molecule has 0 saturated heterocycles. The van der Waals surface area contributed by atoms with Gasteiger partial charge in [-0.2, -0.15) is 18.3 Å². The van der Waals surface area contributed by atoms with Crippen molar-refractivity contribution < 1.29 is 22.8 Å². The number of hydrogen-bond donors (Lipinski definition) is 1. The van der Waals surface area contributed by atoms with E-state index in [9.17, 15) is 22.8 Å². The Bertz CT molecular complexity index is 1020. The zero-order valence-corrected chi connectivity index (χ0v) is 18.1. The second kappa shape index (κ2) is 8.97. The molecule has 7 nitrogen and oxygen atoms in total. The number of rotatable bonds is 4. The Morgan fingerprint density at radius 2 is 1.84 bits per heavy atom. The molecule has 0 fully saturated rings. The van der Waals surface area contributed by atoms with Crippen molar-refractivity contribution in [3.05, 3.63) is 65.0 Å². The van der Waals surface area contributed by atoms with Crippen molar-refractivity contribution in [1.29, 1.82) is 0 Å². The molecule has 1 aliphatic heterocycles. The molecule has 10 heteroatoms. The molecule has 32 heavy (non-hydrogen) atoms. The molecule has 0 radical (unpaired) electrons. The van der Waals surface area contributed by atoms with Gasteiger partial charge in [0.05, 0.1) is 24.3 Å². The number of alkyl halides is 3. The Morgan fingerprint density at radius 3 is 2.38 bits per heavy atom. The lowest BCUT2D eigenvalue weighted by molar-refractivity contribution is -0.141. The van der Waals surface area contributed by atoms with Crippen LogP contribution in [-0.2, 0) is 11.0 Å². The standard InChI is InChI=1S/C22H24F3N5O2/c1-13-5-7-16(8-6-13)20-18(29(4)15(3)31)12-30(28-20)21(32)27-14(2)17-9-10-19(26-11-17)22(23,24)25/h5-11,14,18H,12H2,1-4H3,(H,27,32)/t14-,18-/m0/s1. The summed E-state index contributed by atoms with van der Waals surface area (Å²) in [7, 11) is 1.65. The Labute approximate surface area is 183 Å². The number of urea groups is 1. The Morgan fingerprint density at radius 1 is 1.19 bits per heavy atom. The third-order valence-electron chi connectivity index (χ3n) is 5.35. The average Bonchev–Trinajstić information content (AvgIpc) is 3.18. The van der Waals surface area contributed by atoms with Gasteiger partial charge in [-0.1, -0.05) is 35.9 Å². The van der Waals surface area contributed by atoms with E-state index in [-0.39, 0.29) is 12.5 Å². The normalized spacial score (nSPS) is 17.0. The monoisotopic (exact) mass is 447 g/mol. The molecule has 1 aromatic heterocycles. The lowest BCUT2D eigenvalue weighted by atomic mass is 10.0. The lowest BCUT2D eigenvalue weighted by Crippen LogP contribution is -2.45. The zero-order valence-electron chi connectivity index (χ0n) is 18.1. The fraction of sp³-hybridized carbons (Fsp3) is 0.364. The largest absolute Gasteiger partial charge is 0.433 e. The maximum Gasteiger partial charge on any atom is 0.433 e. The summed E-state index contributed by atoms with van der Waals surface area (Å²) in [6, 6.07) is 8.21. The molecule has 3 amide bonds. The molecule has 0 unspecified atom stereocenters. The van der Waals surface area contributed by atoms with E-state index in [1.165, 1.54) is 22.9 Å². The van der Waals surface area contributed by atoms with Crippen molar-refractivity contribution in [2.45, 2.75) is 39.0 Å². The molecular formula is C22H24F3N5O2. The minimum atomic E-state index is -4.53. The summed E-state index contributed by atoms with van der Waals surface area (Å²) in [5, 5.41) is 8.40. The molecule has 0 aliphatic carbocycles. The van der Waals surface area contributed by atoms with Crippen LogP contribution in [0.25, 0.3) is 0 Å². The number of nitrogens with one attached hydrogen (secondary N) is 1. The minimum absolute atomic E-state index is 0.156. The summed E-state index contributed by atoms with van der Waals surface area (Å²) in [5.74, 6) is -0.165. The van der Waals surface area contributed by atoms with Gasteiger partial charge in [-0.15, -0.1) is 0 Å². The van der Waals surface area contributed by atoms with E-state index in [1.54, 1.807) is 14.0 Å². The lowest BCUT2D eigenvalue weighted by Gasteiger charge is -2.25. The average molecular weight is 447 g/mol.